The summed E-state index contributed by atoms with van der Waals surface area (Å²) in [5.74, 6) is 0.0680. The molecule has 2 aromatic rings. The Balaban J connectivity index is 1.91. The zero-order valence-corrected chi connectivity index (χ0v) is 14.9. The van der Waals surface area contributed by atoms with E-state index in [1.807, 2.05) is 31.3 Å². The average Bonchev–Trinajstić information content (AvgIpc) is 2.65. The first-order chi connectivity index (χ1) is 11.6. The van der Waals surface area contributed by atoms with Crippen molar-refractivity contribution in [2.24, 2.45) is 0 Å². The van der Waals surface area contributed by atoms with Crippen molar-refractivity contribution in [1.82, 2.24) is 14.8 Å². The van der Waals surface area contributed by atoms with Crippen molar-refractivity contribution in [3.05, 3.63) is 65.5 Å². The molecule has 0 unspecified atom stereocenters. The van der Waals surface area contributed by atoms with Crippen LogP contribution in [0.25, 0.3) is 0 Å². The second-order valence-electron chi connectivity index (χ2n) is 5.99. The Bertz CT molecular complexity index is 621. The lowest BCUT2D eigenvalue weighted by molar-refractivity contribution is 0.0796. The van der Waals surface area contributed by atoms with Gasteiger partial charge in [0.15, 0.2) is 0 Å². The second-order valence-corrected chi connectivity index (χ2v) is 5.99. The van der Waals surface area contributed by atoms with Crippen LogP contribution < -0.4 is 0 Å². The summed E-state index contributed by atoms with van der Waals surface area (Å²) in [6.45, 7) is 8.03. The molecule has 0 aliphatic heterocycles. The summed E-state index contributed by atoms with van der Waals surface area (Å²) in [6, 6.07) is 12.0. The zero-order valence-electron chi connectivity index (χ0n) is 14.9. The molecule has 128 valence electrons. The van der Waals surface area contributed by atoms with E-state index in [1.54, 1.807) is 17.3 Å². The molecule has 0 saturated heterocycles. The van der Waals surface area contributed by atoms with Crippen LogP contribution in [-0.4, -0.2) is 47.4 Å². The minimum atomic E-state index is 0.0680. The summed E-state index contributed by atoms with van der Waals surface area (Å²) in [7, 11) is 1.85. The van der Waals surface area contributed by atoms with E-state index in [4.69, 9.17) is 0 Å². The Labute approximate surface area is 145 Å². The topological polar surface area (TPSA) is 36.4 Å². The van der Waals surface area contributed by atoms with Crippen LogP contribution in [0, 0.1) is 0 Å². The largest absolute Gasteiger partial charge is 0.341 e. The van der Waals surface area contributed by atoms with Gasteiger partial charge in [0.05, 0.1) is 0 Å². The molecule has 0 N–H and O–H groups in total. The van der Waals surface area contributed by atoms with Gasteiger partial charge in [0.1, 0.15) is 0 Å². The lowest BCUT2D eigenvalue weighted by Crippen LogP contribution is -2.29. The number of pyridine rings is 1. The number of hydrogen-bond acceptors (Lipinski definition) is 3. The molecule has 4 heteroatoms. The third-order valence-electron chi connectivity index (χ3n) is 4.33. The van der Waals surface area contributed by atoms with Gasteiger partial charge >= 0.3 is 0 Å². The first-order valence-electron chi connectivity index (χ1n) is 8.59. The van der Waals surface area contributed by atoms with Gasteiger partial charge in [-0.05, 0) is 54.9 Å². The highest BCUT2D eigenvalue weighted by Crippen LogP contribution is 2.10. The Kier molecular flexibility index (Phi) is 6.94. The standard InChI is InChI=1S/C20H27N3O/c1-4-23(5-2)16-18-6-8-19(9-7-18)20(24)22(3)15-12-17-10-13-21-14-11-17/h6-11,13-14H,4-5,12,15-16H2,1-3H3. The number of benzene rings is 1. The third-order valence-corrected chi connectivity index (χ3v) is 4.33. The van der Waals surface area contributed by atoms with Crippen molar-refractivity contribution in [2.45, 2.75) is 26.8 Å². The van der Waals surface area contributed by atoms with Crippen molar-refractivity contribution in [3.8, 4) is 0 Å². The van der Waals surface area contributed by atoms with Crippen molar-refractivity contribution in [3.63, 3.8) is 0 Å². The molecule has 1 aromatic carbocycles. The maximum absolute atomic E-state index is 12.5. The van der Waals surface area contributed by atoms with Crippen LogP contribution in [0.2, 0.25) is 0 Å². The summed E-state index contributed by atoms with van der Waals surface area (Å²) in [5, 5.41) is 0. The Morgan fingerprint density at radius 1 is 0.958 bits per heavy atom. The average molecular weight is 325 g/mol. The Morgan fingerprint density at radius 2 is 1.58 bits per heavy atom. The molecule has 0 atom stereocenters. The number of rotatable bonds is 8. The molecule has 24 heavy (non-hydrogen) atoms. The lowest BCUT2D eigenvalue weighted by Gasteiger charge is -2.19. The molecule has 1 heterocycles. The molecular formula is C20H27N3O. The van der Waals surface area contributed by atoms with E-state index in [2.05, 4.69) is 35.9 Å². The summed E-state index contributed by atoms with van der Waals surface area (Å²) in [5.41, 5.74) is 3.18. The van der Waals surface area contributed by atoms with Gasteiger partial charge < -0.3 is 4.90 Å². The minimum Gasteiger partial charge on any atom is -0.341 e. The first kappa shape index (κ1) is 18.1. The number of hydrogen-bond donors (Lipinski definition) is 0. The van der Waals surface area contributed by atoms with E-state index in [0.29, 0.717) is 6.54 Å². The Hall–Kier alpha value is -2.20. The number of nitrogens with zero attached hydrogens (tertiary/aromatic N) is 3. The van der Waals surface area contributed by atoms with Crippen LogP contribution in [0.3, 0.4) is 0 Å². The number of aromatic nitrogens is 1. The first-order valence-corrected chi connectivity index (χ1v) is 8.59. The van der Waals surface area contributed by atoms with Gasteiger partial charge in [-0.1, -0.05) is 26.0 Å². The smallest absolute Gasteiger partial charge is 0.253 e. The molecule has 4 nitrogen and oxygen atoms in total. The van der Waals surface area contributed by atoms with Crippen LogP contribution in [0.5, 0.6) is 0 Å². The SMILES string of the molecule is CCN(CC)Cc1ccc(C(=O)N(C)CCc2ccncc2)cc1. The number of carbonyl (C=O) groups excluding carboxylic acids is 1. The van der Waals surface area contributed by atoms with E-state index >= 15 is 0 Å². The van der Waals surface area contributed by atoms with Gasteiger partial charge in [-0.3, -0.25) is 14.7 Å². The monoisotopic (exact) mass is 325 g/mol. The highest BCUT2D eigenvalue weighted by molar-refractivity contribution is 5.94. The predicted octanol–water partition coefficient (Wildman–Crippen LogP) is 3.24. The van der Waals surface area contributed by atoms with Crippen molar-refractivity contribution < 1.29 is 4.79 Å². The van der Waals surface area contributed by atoms with Crippen LogP contribution in [0.4, 0.5) is 0 Å². The van der Waals surface area contributed by atoms with E-state index < -0.39 is 0 Å². The van der Waals surface area contributed by atoms with E-state index in [0.717, 1.165) is 31.6 Å². The van der Waals surface area contributed by atoms with Gasteiger partial charge in [-0.25, -0.2) is 0 Å². The molecule has 1 aromatic heterocycles. The molecule has 0 aliphatic carbocycles. The molecule has 0 fully saturated rings. The molecule has 1 amide bonds. The second kappa shape index (κ2) is 9.18. The fraction of sp³-hybridized carbons (Fsp3) is 0.400. The fourth-order valence-corrected chi connectivity index (χ4v) is 2.63. The normalized spacial score (nSPS) is 10.8. The molecule has 0 spiro atoms. The quantitative estimate of drug-likeness (QED) is 0.747. The van der Waals surface area contributed by atoms with Gasteiger partial charge in [0.2, 0.25) is 0 Å². The van der Waals surface area contributed by atoms with E-state index in [-0.39, 0.29) is 5.91 Å². The van der Waals surface area contributed by atoms with Crippen molar-refractivity contribution >= 4 is 5.91 Å². The lowest BCUT2D eigenvalue weighted by atomic mass is 10.1. The molecule has 2 rings (SSSR count). The summed E-state index contributed by atoms with van der Waals surface area (Å²) in [6.07, 6.45) is 4.41. The van der Waals surface area contributed by atoms with Crippen molar-refractivity contribution in [2.75, 3.05) is 26.7 Å². The van der Waals surface area contributed by atoms with Gasteiger partial charge in [-0.15, -0.1) is 0 Å². The maximum atomic E-state index is 12.5. The molecule has 0 bridgehead atoms. The minimum absolute atomic E-state index is 0.0680. The number of amides is 1. The third kappa shape index (κ3) is 5.17. The van der Waals surface area contributed by atoms with Gasteiger partial charge in [0.25, 0.3) is 5.91 Å². The summed E-state index contributed by atoms with van der Waals surface area (Å²) in [4.78, 5) is 20.7. The van der Waals surface area contributed by atoms with Crippen LogP contribution in [-0.2, 0) is 13.0 Å². The number of likely N-dealkylation sites (N-methyl/N-ethyl adjacent to an activating group) is 1. The van der Waals surface area contributed by atoms with Gasteiger partial charge in [0, 0.05) is 38.1 Å². The number of carbonyl (C=O) groups is 1. The van der Waals surface area contributed by atoms with Crippen LogP contribution in [0.1, 0.15) is 35.3 Å². The Morgan fingerprint density at radius 3 is 2.17 bits per heavy atom. The highest BCUT2D eigenvalue weighted by atomic mass is 16.2. The van der Waals surface area contributed by atoms with E-state index in [9.17, 15) is 4.79 Å². The predicted molar refractivity (Wildman–Crippen MR) is 98.0 cm³/mol. The summed E-state index contributed by atoms with van der Waals surface area (Å²) < 4.78 is 0. The highest BCUT2D eigenvalue weighted by Gasteiger charge is 2.11. The fourth-order valence-electron chi connectivity index (χ4n) is 2.63. The zero-order chi connectivity index (χ0) is 17.4. The molecule has 0 saturated carbocycles. The molecule has 0 radical (unpaired) electrons. The van der Waals surface area contributed by atoms with Gasteiger partial charge in [-0.2, -0.15) is 0 Å². The van der Waals surface area contributed by atoms with Crippen molar-refractivity contribution in [1.29, 1.82) is 0 Å². The molecule has 0 aliphatic rings. The summed E-state index contributed by atoms with van der Waals surface area (Å²) >= 11 is 0. The maximum Gasteiger partial charge on any atom is 0.253 e. The van der Waals surface area contributed by atoms with Crippen LogP contribution in [0.15, 0.2) is 48.8 Å². The van der Waals surface area contributed by atoms with E-state index in [1.165, 1.54) is 11.1 Å². The molecular weight excluding hydrogens is 298 g/mol. The van der Waals surface area contributed by atoms with Crippen LogP contribution >= 0.6 is 0 Å².